The van der Waals surface area contributed by atoms with E-state index in [1.807, 2.05) is 30.3 Å². The lowest BCUT2D eigenvalue weighted by Crippen LogP contribution is -2.30. The molecule has 0 aliphatic heterocycles. The average Bonchev–Trinajstić information content (AvgIpc) is 2.49. The van der Waals surface area contributed by atoms with Gasteiger partial charge >= 0.3 is 0 Å². The Labute approximate surface area is 157 Å². The minimum Gasteiger partial charge on any atom is -0.362 e. The second kappa shape index (κ2) is 9.38. The summed E-state index contributed by atoms with van der Waals surface area (Å²) in [6.45, 7) is 2.84. The molecule has 0 atom stereocenters. The van der Waals surface area contributed by atoms with E-state index in [2.05, 4.69) is 29.7 Å². The fraction of sp³-hybridized carbons (Fsp3) is 0.235. The summed E-state index contributed by atoms with van der Waals surface area (Å²) in [7, 11) is 0. The van der Waals surface area contributed by atoms with Gasteiger partial charge in [-0.15, -0.1) is 0 Å². The highest BCUT2D eigenvalue weighted by Crippen LogP contribution is 2.27. The highest BCUT2D eigenvalue weighted by molar-refractivity contribution is 7.98. The third-order valence-electron chi connectivity index (χ3n) is 3.12. The summed E-state index contributed by atoms with van der Waals surface area (Å²) in [6, 6.07) is 13.7. The van der Waals surface area contributed by atoms with Crippen LogP contribution in [0.15, 0.2) is 42.5 Å². The van der Waals surface area contributed by atoms with Crippen molar-refractivity contribution >= 4 is 58.0 Å². The van der Waals surface area contributed by atoms with Crippen molar-refractivity contribution in [1.29, 1.82) is 0 Å². The quantitative estimate of drug-likeness (QED) is 0.505. The molecule has 0 aliphatic carbocycles. The first-order valence-corrected chi connectivity index (χ1v) is 9.50. The summed E-state index contributed by atoms with van der Waals surface area (Å²) in [6.07, 6.45) is 0. The zero-order valence-corrected chi connectivity index (χ0v) is 15.9. The molecule has 0 fully saturated rings. The van der Waals surface area contributed by atoms with Crippen LogP contribution in [0.25, 0.3) is 0 Å². The van der Waals surface area contributed by atoms with Gasteiger partial charge in [0, 0.05) is 33.8 Å². The molecule has 2 nitrogen and oxygen atoms in total. The van der Waals surface area contributed by atoms with E-state index in [0.717, 1.165) is 39.3 Å². The molecule has 0 spiro atoms. The van der Waals surface area contributed by atoms with E-state index in [1.54, 1.807) is 11.8 Å². The van der Waals surface area contributed by atoms with Crippen LogP contribution in [-0.4, -0.2) is 17.4 Å². The fourth-order valence-electron chi connectivity index (χ4n) is 1.98. The van der Waals surface area contributed by atoms with Gasteiger partial charge in [0.15, 0.2) is 5.11 Å². The van der Waals surface area contributed by atoms with Gasteiger partial charge in [0.2, 0.25) is 0 Å². The van der Waals surface area contributed by atoms with Gasteiger partial charge in [0.1, 0.15) is 0 Å². The summed E-state index contributed by atoms with van der Waals surface area (Å²) < 4.78 is 0. The summed E-state index contributed by atoms with van der Waals surface area (Å²) >= 11 is 19.4. The molecule has 0 saturated heterocycles. The van der Waals surface area contributed by atoms with E-state index in [4.69, 9.17) is 35.4 Å². The Morgan fingerprint density at radius 1 is 1.13 bits per heavy atom. The number of rotatable bonds is 6. The van der Waals surface area contributed by atoms with Crippen LogP contribution in [0.1, 0.15) is 11.1 Å². The maximum absolute atomic E-state index is 6.15. The van der Waals surface area contributed by atoms with Crippen LogP contribution >= 0.6 is 47.2 Å². The van der Waals surface area contributed by atoms with Crippen molar-refractivity contribution in [3.63, 3.8) is 0 Å². The van der Waals surface area contributed by atoms with Gasteiger partial charge in [-0.05, 0) is 54.5 Å². The number of hydrogen-bond donors (Lipinski definition) is 2. The lowest BCUT2D eigenvalue weighted by atomic mass is 10.2. The van der Waals surface area contributed by atoms with E-state index < -0.39 is 0 Å². The Bertz CT molecular complexity index is 657. The zero-order valence-electron chi connectivity index (χ0n) is 12.7. The summed E-state index contributed by atoms with van der Waals surface area (Å²) in [5, 5.41) is 8.44. The lowest BCUT2D eigenvalue weighted by Gasteiger charge is -2.11. The minimum atomic E-state index is 0.631. The third kappa shape index (κ3) is 6.22. The van der Waals surface area contributed by atoms with Gasteiger partial charge in [0.25, 0.3) is 0 Å². The molecule has 2 aromatic rings. The largest absolute Gasteiger partial charge is 0.362 e. The molecule has 0 heterocycles. The van der Waals surface area contributed by atoms with Crippen LogP contribution in [-0.2, 0) is 5.75 Å². The number of nitrogens with one attached hydrogen (secondary N) is 2. The normalized spacial score (nSPS) is 10.4. The van der Waals surface area contributed by atoms with Crippen LogP contribution < -0.4 is 10.6 Å². The molecule has 0 aliphatic rings. The maximum Gasteiger partial charge on any atom is 0.170 e. The van der Waals surface area contributed by atoms with Crippen molar-refractivity contribution in [3.05, 3.63) is 63.6 Å². The highest BCUT2D eigenvalue weighted by Gasteiger charge is 2.05. The van der Waals surface area contributed by atoms with Crippen LogP contribution in [0.4, 0.5) is 5.69 Å². The predicted octanol–water partition coefficient (Wildman–Crippen LogP) is 5.52. The van der Waals surface area contributed by atoms with Gasteiger partial charge in [-0.1, -0.05) is 41.4 Å². The molecule has 0 unspecified atom stereocenters. The Kier molecular flexibility index (Phi) is 7.50. The number of aryl methyl sites for hydroxylation is 1. The van der Waals surface area contributed by atoms with E-state index in [0.29, 0.717) is 5.11 Å². The molecule has 122 valence electrons. The minimum absolute atomic E-state index is 0.631. The number of thiocarbonyl (C=S) groups is 1. The molecule has 0 amide bonds. The number of halogens is 2. The van der Waals surface area contributed by atoms with Crippen molar-refractivity contribution in [2.75, 3.05) is 17.6 Å². The first-order chi connectivity index (χ1) is 11.1. The van der Waals surface area contributed by atoms with E-state index >= 15 is 0 Å². The van der Waals surface area contributed by atoms with Crippen molar-refractivity contribution in [1.82, 2.24) is 5.32 Å². The average molecular weight is 385 g/mol. The molecular weight excluding hydrogens is 367 g/mol. The van der Waals surface area contributed by atoms with Crippen molar-refractivity contribution < 1.29 is 0 Å². The first-order valence-electron chi connectivity index (χ1n) is 7.18. The van der Waals surface area contributed by atoms with Crippen LogP contribution in [0.5, 0.6) is 0 Å². The SMILES string of the molecule is Cc1cccc(NC(=S)NCCSCc2c(Cl)cccc2Cl)c1. The molecule has 0 aromatic heterocycles. The second-order valence-corrected chi connectivity index (χ2v) is 7.33. The van der Waals surface area contributed by atoms with Crippen molar-refractivity contribution in [3.8, 4) is 0 Å². The fourth-order valence-corrected chi connectivity index (χ4v) is 3.79. The molecule has 23 heavy (non-hydrogen) atoms. The Balaban J connectivity index is 1.68. The first kappa shape index (κ1) is 18.4. The highest BCUT2D eigenvalue weighted by atomic mass is 35.5. The monoisotopic (exact) mass is 384 g/mol. The molecule has 0 radical (unpaired) electrons. The predicted molar refractivity (Wildman–Crippen MR) is 108 cm³/mol. The topological polar surface area (TPSA) is 24.1 Å². The lowest BCUT2D eigenvalue weighted by molar-refractivity contribution is 0.990. The van der Waals surface area contributed by atoms with Gasteiger partial charge in [-0.3, -0.25) is 0 Å². The van der Waals surface area contributed by atoms with Gasteiger partial charge in [-0.2, -0.15) is 11.8 Å². The number of anilines is 1. The molecule has 2 N–H and O–H groups in total. The Morgan fingerprint density at radius 2 is 1.83 bits per heavy atom. The van der Waals surface area contributed by atoms with E-state index in [1.165, 1.54) is 5.56 Å². The van der Waals surface area contributed by atoms with E-state index in [-0.39, 0.29) is 0 Å². The summed E-state index contributed by atoms with van der Waals surface area (Å²) in [5.74, 6) is 1.70. The van der Waals surface area contributed by atoms with Crippen LogP contribution in [0.3, 0.4) is 0 Å². The molecule has 2 rings (SSSR count). The van der Waals surface area contributed by atoms with Gasteiger partial charge in [-0.25, -0.2) is 0 Å². The van der Waals surface area contributed by atoms with Crippen LogP contribution in [0, 0.1) is 6.92 Å². The standard InChI is InChI=1S/C17H18Cl2N2S2/c1-12-4-2-5-13(10-12)21-17(22)20-8-9-23-11-14-15(18)6-3-7-16(14)19/h2-7,10H,8-9,11H2,1H3,(H2,20,21,22). The molecule has 0 bridgehead atoms. The maximum atomic E-state index is 6.15. The van der Waals surface area contributed by atoms with Crippen molar-refractivity contribution in [2.45, 2.75) is 12.7 Å². The molecule has 6 heteroatoms. The number of benzene rings is 2. The Morgan fingerprint density at radius 3 is 2.52 bits per heavy atom. The van der Waals surface area contributed by atoms with Gasteiger partial charge in [0.05, 0.1) is 0 Å². The summed E-state index contributed by atoms with van der Waals surface area (Å²) in [5.41, 5.74) is 3.18. The van der Waals surface area contributed by atoms with Crippen LogP contribution in [0.2, 0.25) is 10.0 Å². The van der Waals surface area contributed by atoms with E-state index in [9.17, 15) is 0 Å². The number of thioether (sulfide) groups is 1. The third-order valence-corrected chi connectivity index (χ3v) is 5.06. The Hall–Kier alpha value is -0.940. The molecule has 2 aromatic carbocycles. The number of hydrogen-bond acceptors (Lipinski definition) is 2. The van der Waals surface area contributed by atoms with Crippen molar-refractivity contribution in [2.24, 2.45) is 0 Å². The van der Waals surface area contributed by atoms with Gasteiger partial charge < -0.3 is 10.6 Å². The zero-order chi connectivity index (χ0) is 16.7. The molecular formula is C17H18Cl2N2S2. The summed E-state index contributed by atoms with van der Waals surface area (Å²) in [4.78, 5) is 0. The smallest absolute Gasteiger partial charge is 0.170 e. The molecule has 0 saturated carbocycles. The second-order valence-electron chi connectivity index (χ2n) is 5.00.